The third-order valence-electron chi connectivity index (χ3n) is 4.68. The smallest absolute Gasteiger partial charge is 0.255 e. The normalized spacial score (nSPS) is 17.3. The van der Waals surface area contributed by atoms with Gasteiger partial charge in [0.05, 0.1) is 23.0 Å². The van der Waals surface area contributed by atoms with Crippen molar-refractivity contribution in [2.75, 3.05) is 26.4 Å². The Balaban J connectivity index is 1.90. The summed E-state index contributed by atoms with van der Waals surface area (Å²) >= 11 is 0. The Morgan fingerprint density at radius 3 is 2.58 bits per heavy atom. The maximum Gasteiger partial charge on any atom is 0.255 e. The van der Waals surface area contributed by atoms with Crippen LogP contribution in [0.25, 0.3) is 5.52 Å². The fourth-order valence-electron chi connectivity index (χ4n) is 3.36. The van der Waals surface area contributed by atoms with Crippen molar-refractivity contribution in [2.24, 2.45) is 0 Å². The van der Waals surface area contributed by atoms with E-state index in [0.29, 0.717) is 30.3 Å². The van der Waals surface area contributed by atoms with E-state index in [1.807, 2.05) is 25.3 Å². The number of nitrogens with one attached hydrogen (secondary N) is 1. The first-order chi connectivity index (χ1) is 11.3. The number of hydrogen-bond donors (Lipinski definition) is 1. The van der Waals surface area contributed by atoms with Gasteiger partial charge in [-0.05, 0) is 43.4 Å². The average Bonchev–Trinajstić information content (AvgIpc) is 2.88. The van der Waals surface area contributed by atoms with Gasteiger partial charge in [-0.2, -0.15) is 5.10 Å². The minimum absolute atomic E-state index is 0.147. The van der Waals surface area contributed by atoms with Crippen LogP contribution in [0.4, 0.5) is 0 Å². The van der Waals surface area contributed by atoms with Crippen LogP contribution in [0.3, 0.4) is 0 Å². The standard InChI is InChI=1S/C16H22N4O3S/c1-11-15(16(21)17-2)14-10-13(6-9-20(14)18-11)12-4-7-19(8-5-12)24(3,22)23/h6,9-10,12H,4-5,7-8H2,1-3H3,(H,17,21). The molecule has 3 rings (SSSR count). The van der Waals surface area contributed by atoms with Gasteiger partial charge in [-0.3, -0.25) is 4.79 Å². The number of aromatic nitrogens is 2. The van der Waals surface area contributed by atoms with E-state index < -0.39 is 10.0 Å². The number of nitrogens with zero attached hydrogens (tertiary/aromatic N) is 3. The van der Waals surface area contributed by atoms with Crippen molar-refractivity contribution >= 4 is 21.4 Å². The summed E-state index contributed by atoms with van der Waals surface area (Å²) in [5.74, 6) is 0.146. The molecule has 1 N–H and O–H groups in total. The van der Waals surface area contributed by atoms with E-state index in [1.54, 1.807) is 11.6 Å². The molecule has 130 valence electrons. The highest BCUT2D eigenvalue weighted by Crippen LogP contribution is 2.30. The molecule has 1 aliphatic rings. The molecule has 1 aliphatic heterocycles. The van der Waals surface area contributed by atoms with Gasteiger partial charge in [0, 0.05) is 26.3 Å². The molecule has 7 nitrogen and oxygen atoms in total. The Morgan fingerprint density at radius 2 is 2.00 bits per heavy atom. The number of piperidine rings is 1. The Hall–Kier alpha value is -1.93. The lowest BCUT2D eigenvalue weighted by atomic mass is 9.90. The molecule has 1 amide bonds. The van der Waals surface area contributed by atoms with E-state index in [4.69, 9.17) is 0 Å². The van der Waals surface area contributed by atoms with Crippen LogP contribution in [0.2, 0.25) is 0 Å². The molecule has 2 aromatic heterocycles. The van der Waals surface area contributed by atoms with Gasteiger partial charge in [-0.15, -0.1) is 0 Å². The Kier molecular flexibility index (Phi) is 4.35. The van der Waals surface area contributed by atoms with E-state index in [-0.39, 0.29) is 5.91 Å². The van der Waals surface area contributed by atoms with Crippen LogP contribution in [-0.2, 0) is 10.0 Å². The van der Waals surface area contributed by atoms with Gasteiger partial charge in [0.25, 0.3) is 5.91 Å². The summed E-state index contributed by atoms with van der Waals surface area (Å²) in [5, 5.41) is 7.04. The second-order valence-electron chi connectivity index (χ2n) is 6.27. The third-order valence-corrected chi connectivity index (χ3v) is 5.99. The fourth-order valence-corrected chi connectivity index (χ4v) is 4.23. The van der Waals surface area contributed by atoms with Crippen molar-refractivity contribution in [3.63, 3.8) is 0 Å². The summed E-state index contributed by atoms with van der Waals surface area (Å²) in [4.78, 5) is 12.1. The molecule has 0 atom stereocenters. The lowest BCUT2D eigenvalue weighted by molar-refractivity contribution is 0.0964. The highest BCUT2D eigenvalue weighted by molar-refractivity contribution is 7.88. The van der Waals surface area contributed by atoms with Gasteiger partial charge in [-0.25, -0.2) is 17.2 Å². The van der Waals surface area contributed by atoms with Gasteiger partial charge >= 0.3 is 0 Å². The maximum atomic E-state index is 12.1. The first kappa shape index (κ1) is 16.9. The third kappa shape index (κ3) is 3.03. The average molecular weight is 350 g/mol. The summed E-state index contributed by atoms with van der Waals surface area (Å²) in [6.07, 6.45) is 4.69. The molecule has 0 unspecified atom stereocenters. The quantitative estimate of drug-likeness (QED) is 0.900. The zero-order chi connectivity index (χ0) is 17.5. The largest absolute Gasteiger partial charge is 0.355 e. The molecule has 1 saturated heterocycles. The van der Waals surface area contributed by atoms with Crippen molar-refractivity contribution in [3.05, 3.63) is 35.2 Å². The number of aryl methyl sites for hydroxylation is 1. The lowest BCUT2D eigenvalue weighted by Gasteiger charge is -2.30. The van der Waals surface area contributed by atoms with Gasteiger partial charge in [0.15, 0.2) is 0 Å². The van der Waals surface area contributed by atoms with E-state index in [9.17, 15) is 13.2 Å². The summed E-state index contributed by atoms with van der Waals surface area (Å²) in [5.41, 5.74) is 3.20. The second kappa shape index (κ2) is 6.18. The van der Waals surface area contributed by atoms with Crippen LogP contribution in [0.1, 0.15) is 40.4 Å². The number of amides is 1. The Morgan fingerprint density at radius 1 is 1.33 bits per heavy atom. The predicted octanol–water partition coefficient (Wildman–Crippen LogP) is 1.14. The molecular formula is C16H22N4O3S. The Bertz CT molecular complexity index is 880. The molecule has 0 aliphatic carbocycles. The zero-order valence-electron chi connectivity index (χ0n) is 14.1. The summed E-state index contributed by atoms with van der Waals surface area (Å²) in [6.45, 7) is 2.90. The molecular weight excluding hydrogens is 328 g/mol. The molecule has 0 saturated carbocycles. The van der Waals surface area contributed by atoms with Crippen LogP contribution in [0, 0.1) is 6.92 Å². The zero-order valence-corrected chi connectivity index (χ0v) is 14.9. The molecule has 8 heteroatoms. The molecule has 3 heterocycles. The maximum absolute atomic E-state index is 12.1. The minimum atomic E-state index is -3.12. The topological polar surface area (TPSA) is 83.8 Å². The van der Waals surface area contributed by atoms with Crippen LogP contribution in [0.15, 0.2) is 18.3 Å². The molecule has 24 heavy (non-hydrogen) atoms. The van der Waals surface area contributed by atoms with Gasteiger partial charge in [-0.1, -0.05) is 0 Å². The molecule has 0 bridgehead atoms. The van der Waals surface area contributed by atoms with Gasteiger partial charge in [0.2, 0.25) is 10.0 Å². The number of hydrogen-bond acceptors (Lipinski definition) is 4. The van der Waals surface area contributed by atoms with E-state index in [2.05, 4.69) is 10.4 Å². The van der Waals surface area contributed by atoms with Crippen molar-refractivity contribution in [3.8, 4) is 0 Å². The molecule has 0 radical (unpaired) electrons. The summed E-state index contributed by atoms with van der Waals surface area (Å²) in [7, 11) is -1.51. The molecule has 1 fully saturated rings. The predicted molar refractivity (Wildman–Crippen MR) is 91.7 cm³/mol. The van der Waals surface area contributed by atoms with E-state index >= 15 is 0 Å². The monoisotopic (exact) mass is 350 g/mol. The lowest BCUT2D eigenvalue weighted by Crippen LogP contribution is -2.37. The highest BCUT2D eigenvalue weighted by Gasteiger charge is 2.26. The highest BCUT2D eigenvalue weighted by atomic mass is 32.2. The van der Waals surface area contributed by atoms with Gasteiger partial charge in [0.1, 0.15) is 0 Å². The van der Waals surface area contributed by atoms with Crippen molar-refractivity contribution in [1.82, 2.24) is 19.2 Å². The van der Waals surface area contributed by atoms with Crippen LogP contribution >= 0.6 is 0 Å². The fraction of sp³-hybridized carbons (Fsp3) is 0.500. The van der Waals surface area contributed by atoms with Crippen LogP contribution in [-0.4, -0.2) is 54.6 Å². The van der Waals surface area contributed by atoms with Crippen LogP contribution in [0.5, 0.6) is 0 Å². The summed E-state index contributed by atoms with van der Waals surface area (Å²) in [6, 6.07) is 4.01. The van der Waals surface area contributed by atoms with Crippen molar-refractivity contribution in [2.45, 2.75) is 25.7 Å². The number of pyridine rings is 1. The number of carbonyl (C=O) groups excluding carboxylic acids is 1. The Labute approximate surface area is 141 Å². The molecule has 2 aromatic rings. The van der Waals surface area contributed by atoms with Crippen molar-refractivity contribution in [1.29, 1.82) is 0 Å². The molecule has 0 aromatic carbocycles. The van der Waals surface area contributed by atoms with Crippen LogP contribution < -0.4 is 5.32 Å². The van der Waals surface area contributed by atoms with Gasteiger partial charge < -0.3 is 5.32 Å². The second-order valence-corrected chi connectivity index (χ2v) is 8.25. The molecule has 0 spiro atoms. The minimum Gasteiger partial charge on any atom is -0.355 e. The van der Waals surface area contributed by atoms with E-state index in [1.165, 1.54) is 10.6 Å². The first-order valence-electron chi connectivity index (χ1n) is 7.97. The number of carbonyl (C=O) groups is 1. The summed E-state index contributed by atoms with van der Waals surface area (Å²) < 4.78 is 26.5. The number of fused-ring (bicyclic) bond motifs is 1. The number of rotatable bonds is 3. The first-order valence-corrected chi connectivity index (χ1v) is 9.82. The SMILES string of the molecule is CNC(=O)c1c(C)nn2ccc(C3CCN(S(C)(=O)=O)CC3)cc12. The van der Waals surface area contributed by atoms with E-state index in [0.717, 1.165) is 23.9 Å². The van der Waals surface area contributed by atoms with Crippen molar-refractivity contribution < 1.29 is 13.2 Å². The number of sulfonamides is 1.